The van der Waals surface area contributed by atoms with Crippen LogP contribution in [0.25, 0.3) is 0 Å². The molecule has 0 spiro atoms. The fraction of sp³-hybridized carbons (Fsp3) is 0.308. The highest BCUT2D eigenvalue weighted by atomic mass is 32.1. The van der Waals surface area contributed by atoms with Gasteiger partial charge in [0.25, 0.3) is 0 Å². The van der Waals surface area contributed by atoms with Crippen LogP contribution in [0.4, 0.5) is 0 Å². The van der Waals surface area contributed by atoms with Gasteiger partial charge in [-0.15, -0.1) is 11.3 Å². The van der Waals surface area contributed by atoms with Gasteiger partial charge in [-0.1, -0.05) is 23.8 Å². The summed E-state index contributed by atoms with van der Waals surface area (Å²) in [7, 11) is 0. The van der Waals surface area contributed by atoms with E-state index in [0.717, 1.165) is 17.1 Å². The average molecular weight is 232 g/mol. The molecule has 3 heteroatoms. The van der Waals surface area contributed by atoms with Gasteiger partial charge in [0.1, 0.15) is 5.01 Å². The molecule has 2 aromatic rings. The Morgan fingerprint density at radius 1 is 1.31 bits per heavy atom. The van der Waals surface area contributed by atoms with Crippen molar-refractivity contribution in [2.45, 2.75) is 26.8 Å². The molecular formula is C13H16N2S. The summed E-state index contributed by atoms with van der Waals surface area (Å²) in [5.74, 6) is 0. The van der Waals surface area contributed by atoms with Crippen molar-refractivity contribution in [2.24, 2.45) is 5.73 Å². The van der Waals surface area contributed by atoms with Crippen LogP contribution < -0.4 is 5.73 Å². The second-order valence-corrected chi connectivity index (χ2v) is 4.99. The highest BCUT2D eigenvalue weighted by Gasteiger charge is 2.04. The average Bonchev–Trinajstić information content (AvgIpc) is 2.71. The number of thiazole rings is 1. The molecule has 1 aromatic carbocycles. The van der Waals surface area contributed by atoms with Gasteiger partial charge in [0.15, 0.2) is 0 Å². The lowest BCUT2D eigenvalue weighted by Gasteiger charge is -2.05. The van der Waals surface area contributed by atoms with Crippen LogP contribution in [0.15, 0.2) is 23.6 Å². The molecule has 84 valence electrons. The zero-order chi connectivity index (χ0) is 11.5. The van der Waals surface area contributed by atoms with E-state index in [1.54, 1.807) is 11.3 Å². The Labute approximate surface area is 100 Å². The molecule has 0 bridgehead atoms. The summed E-state index contributed by atoms with van der Waals surface area (Å²) in [6.45, 7) is 4.80. The van der Waals surface area contributed by atoms with Crippen molar-refractivity contribution < 1.29 is 0 Å². The van der Waals surface area contributed by atoms with Gasteiger partial charge in [-0.3, -0.25) is 0 Å². The van der Waals surface area contributed by atoms with E-state index in [0.29, 0.717) is 6.54 Å². The molecule has 0 saturated carbocycles. The van der Waals surface area contributed by atoms with Crippen molar-refractivity contribution in [3.8, 4) is 0 Å². The molecule has 2 nitrogen and oxygen atoms in total. The Balaban J connectivity index is 2.22. The zero-order valence-electron chi connectivity index (χ0n) is 9.66. The number of aromatic nitrogens is 1. The first-order chi connectivity index (χ1) is 7.69. The van der Waals surface area contributed by atoms with E-state index >= 15 is 0 Å². The Bertz CT molecular complexity index is 488. The summed E-state index contributed by atoms with van der Waals surface area (Å²) in [5, 5.41) is 3.12. The normalized spacial score (nSPS) is 10.7. The molecule has 1 aromatic heterocycles. The fourth-order valence-corrected chi connectivity index (χ4v) is 2.38. The summed E-state index contributed by atoms with van der Waals surface area (Å²) in [5.41, 5.74) is 10.7. The van der Waals surface area contributed by atoms with Gasteiger partial charge < -0.3 is 5.73 Å². The topological polar surface area (TPSA) is 38.9 Å². The Morgan fingerprint density at radius 2 is 2.12 bits per heavy atom. The van der Waals surface area contributed by atoms with Crippen LogP contribution in [-0.2, 0) is 13.0 Å². The lowest BCUT2D eigenvalue weighted by molar-refractivity contribution is 0.990. The van der Waals surface area contributed by atoms with Crippen molar-refractivity contribution in [1.82, 2.24) is 4.98 Å². The fourth-order valence-electron chi connectivity index (χ4n) is 1.71. The van der Waals surface area contributed by atoms with Crippen LogP contribution in [0.5, 0.6) is 0 Å². The zero-order valence-corrected chi connectivity index (χ0v) is 10.5. The number of nitrogens with zero attached hydrogens (tertiary/aromatic N) is 1. The van der Waals surface area contributed by atoms with E-state index in [1.807, 2.05) is 0 Å². The summed E-state index contributed by atoms with van der Waals surface area (Å²) in [6.07, 6.45) is 0.907. The van der Waals surface area contributed by atoms with E-state index in [2.05, 4.69) is 42.4 Å². The second-order valence-electron chi connectivity index (χ2n) is 4.04. The van der Waals surface area contributed by atoms with Gasteiger partial charge >= 0.3 is 0 Å². The van der Waals surface area contributed by atoms with Crippen LogP contribution in [0.2, 0.25) is 0 Å². The van der Waals surface area contributed by atoms with E-state index in [4.69, 9.17) is 5.73 Å². The van der Waals surface area contributed by atoms with Gasteiger partial charge in [-0.2, -0.15) is 0 Å². The molecule has 0 atom stereocenters. The first kappa shape index (κ1) is 11.3. The SMILES string of the molecule is Cc1ccc(C)c(Cc2csc(CN)n2)c1. The Hall–Kier alpha value is -1.19. The minimum atomic E-state index is 0.539. The van der Waals surface area contributed by atoms with Gasteiger partial charge in [0.05, 0.1) is 5.69 Å². The number of rotatable bonds is 3. The smallest absolute Gasteiger partial charge is 0.106 e. The standard InChI is InChI=1S/C13H16N2S/c1-9-3-4-10(2)11(5-9)6-12-8-16-13(7-14)15-12/h3-5,8H,6-7,14H2,1-2H3. The van der Waals surface area contributed by atoms with E-state index in [9.17, 15) is 0 Å². The third-order valence-corrected chi connectivity index (χ3v) is 3.57. The highest BCUT2D eigenvalue weighted by Crippen LogP contribution is 2.17. The van der Waals surface area contributed by atoms with Crippen molar-refractivity contribution in [3.63, 3.8) is 0 Å². The Kier molecular flexibility index (Phi) is 3.36. The minimum absolute atomic E-state index is 0.539. The van der Waals surface area contributed by atoms with E-state index in [1.165, 1.54) is 16.7 Å². The lowest BCUT2D eigenvalue weighted by Crippen LogP contribution is -1.97. The quantitative estimate of drug-likeness (QED) is 0.883. The summed E-state index contributed by atoms with van der Waals surface area (Å²) >= 11 is 1.64. The van der Waals surface area contributed by atoms with E-state index in [-0.39, 0.29) is 0 Å². The first-order valence-electron chi connectivity index (χ1n) is 5.38. The largest absolute Gasteiger partial charge is 0.325 e. The molecule has 0 fully saturated rings. The maximum Gasteiger partial charge on any atom is 0.106 e. The van der Waals surface area contributed by atoms with E-state index < -0.39 is 0 Å². The molecule has 0 unspecified atom stereocenters. The van der Waals surface area contributed by atoms with Crippen LogP contribution in [-0.4, -0.2) is 4.98 Å². The molecule has 0 radical (unpaired) electrons. The maximum absolute atomic E-state index is 5.56. The molecule has 0 aliphatic rings. The number of aryl methyl sites for hydroxylation is 2. The third-order valence-electron chi connectivity index (χ3n) is 2.65. The van der Waals surface area contributed by atoms with Crippen LogP contribution in [0.3, 0.4) is 0 Å². The molecule has 0 saturated heterocycles. The predicted molar refractivity (Wildman–Crippen MR) is 68.7 cm³/mol. The number of hydrogen-bond acceptors (Lipinski definition) is 3. The monoisotopic (exact) mass is 232 g/mol. The van der Waals surface area contributed by atoms with Gasteiger partial charge in [-0.25, -0.2) is 4.98 Å². The summed E-state index contributed by atoms with van der Waals surface area (Å²) in [4.78, 5) is 4.49. The minimum Gasteiger partial charge on any atom is -0.325 e. The number of hydrogen-bond donors (Lipinski definition) is 1. The molecule has 16 heavy (non-hydrogen) atoms. The molecule has 0 aliphatic heterocycles. The predicted octanol–water partition coefficient (Wildman–Crippen LogP) is 2.81. The second kappa shape index (κ2) is 4.76. The van der Waals surface area contributed by atoms with Gasteiger partial charge in [0.2, 0.25) is 0 Å². The molecule has 0 amide bonds. The molecule has 0 aliphatic carbocycles. The summed E-state index contributed by atoms with van der Waals surface area (Å²) in [6, 6.07) is 6.54. The molecular weight excluding hydrogens is 216 g/mol. The number of benzene rings is 1. The maximum atomic E-state index is 5.56. The van der Waals surface area contributed by atoms with Crippen molar-refractivity contribution >= 4 is 11.3 Å². The molecule has 2 N–H and O–H groups in total. The van der Waals surface area contributed by atoms with Crippen molar-refractivity contribution in [3.05, 3.63) is 51.0 Å². The highest BCUT2D eigenvalue weighted by molar-refractivity contribution is 7.09. The molecule has 1 heterocycles. The van der Waals surface area contributed by atoms with Crippen molar-refractivity contribution in [1.29, 1.82) is 0 Å². The summed E-state index contributed by atoms with van der Waals surface area (Å²) < 4.78 is 0. The van der Waals surface area contributed by atoms with Gasteiger partial charge in [-0.05, 0) is 25.0 Å². The lowest BCUT2D eigenvalue weighted by atomic mass is 10.0. The van der Waals surface area contributed by atoms with Gasteiger partial charge in [0, 0.05) is 18.3 Å². The molecule has 2 rings (SSSR count). The number of nitrogens with two attached hydrogens (primary N) is 1. The van der Waals surface area contributed by atoms with Crippen LogP contribution in [0.1, 0.15) is 27.4 Å². The Morgan fingerprint density at radius 3 is 2.81 bits per heavy atom. The first-order valence-corrected chi connectivity index (χ1v) is 6.26. The van der Waals surface area contributed by atoms with Crippen LogP contribution in [0, 0.1) is 13.8 Å². The van der Waals surface area contributed by atoms with Crippen LogP contribution >= 0.6 is 11.3 Å². The van der Waals surface area contributed by atoms with Crippen molar-refractivity contribution in [2.75, 3.05) is 0 Å². The third kappa shape index (κ3) is 2.49.